The van der Waals surface area contributed by atoms with Gasteiger partial charge in [0.15, 0.2) is 0 Å². The number of azide groups is 1. The monoisotopic (exact) mass is 294 g/mol. The van der Waals surface area contributed by atoms with E-state index in [2.05, 4.69) is 14.9 Å². The quantitative estimate of drug-likeness (QED) is 0.444. The van der Waals surface area contributed by atoms with E-state index in [9.17, 15) is 5.11 Å². The number of hydrogen-bond donors (Lipinski definition) is 1. The van der Waals surface area contributed by atoms with Crippen molar-refractivity contribution in [2.24, 2.45) is 5.11 Å². The first-order valence-electron chi connectivity index (χ1n) is 7.92. The standard InChI is InChI=1S/C15H26N4O2/c1-11(14(20)10-17-18-16)19(12-6-4-3-5-7-12)13-8-9-15(13)21-2/h11-12,14,20H,3-10H2,1-2H3/t11-,14+/m0/s1. The maximum Gasteiger partial charge on any atom is 0.115 e. The predicted octanol–water partition coefficient (Wildman–Crippen LogP) is 3.33. The molecule has 21 heavy (non-hydrogen) atoms. The van der Waals surface area contributed by atoms with Crippen LogP contribution in [-0.4, -0.2) is 41.8 Å². The zero-order chi connectivity index (χ0) is 15.2. The van der Waals surface area contributed by atoms with Gasteiger partial charge in [0, 0.05) is 17.4 Å². The summed E-state index contributed by atoms with van der Waals surface area (Å²) in [6.45, 7) is 2.14. The molecule has 0 unspecified atom stereocenters. The highest BCUT2D eigenvalue weighted by molar-refractivity contribution is 5.20. The van der Waals surface area contributed by atoms with E-state index in [-0.39, 0.29) is 12.6 Å². The number of nitrogens with zero attached hydrogens (tertiary/aromatic N) is 4. The Hall–Kier alpha value is -1.39. The highest BCUT2D eigenvalue weighted by atomic mass is 16.5. The second-order valence-electron chi connectivity index (χ2n) is 5.99. The van der Waals surface area contributed by atoms with Crippen LogP contribution in [0.25, 0.3) is 10.4 Å². The molecule has 0 aromatic heterocycles. The lowest BCUT2D eigenvalue weighted by Crippen LogP contribution is -2.50. The maximum absolute atomic E-state index is 10.3. The van der Waals surface area contributed by atoms with Gasteiger partial charge in [-0.2, -0.15) is 0 Å². The number of aliphatic hydroxyl groups excluding tert-OH is 1. The molecule has 0 aromatic rings. The Balaban J connectivity index is 2.16. The molecule has 1 N–H and O–H groups in total. The number of methoxy groups -OCH3 is 1. The van der Waals surface area contributed by atoms with Gasteiger partial charge in [-0.15, -0.1) is 0 Å². The van der Waals surface area contributed by atoms with E-state index in [0.29, 0.717) is 6.04 Å². The van der Waals surface area contributed by atoms with Gasteiger partial charge in [0.1, 0.15) is 5.76 Å². The number of ether oxygens (including phenoxy) is 1. The minimum absolute atomic E-state index is 0.0564. The van der Waals surface area contributed by atoms with Crippen LogP contribution in [0, 0.1) is 0 Å². The van der Waals surface area contributed by atoms with Gasteiger partial charge in [-0.25, -0.2) is 0 Å². The van der Waals surface area contributed by atoms with Crippen LogP contribution in [0.1, 0.15) is 51.9 Å². The van der Waals surface area contributed by atoms with E-state index in [0.717, 1.165) is 18.6 Å². The molecule has 1 fully saturated rings. The van der Waals surface area contributed by atoms with Crippen LogP contribution >= 0.6 is 0 Å². The lowest BCUT2D eigenvalue weighted by atomic mass is 9.89. The SMILES string of the molecule is COC1=C(N(C2CCCCC2)[C@@H](C)[C@H](O)CN=[N+]=[N-])CC1. The van der Waals surface area contributed by atoms with Crippen LogP contribution in [0.4, 0.5) is 0 Å². The molecule has 2 rings (SSSR count). The predicted molar refractivity (Wildman–Crippen MR) is 81.5 cm³/mol. The average molecular weight is 294 g/mol. The summed E-state index contributed by atoms with van der Waals surface area (Å²) in [5.41, 5.74) is 9.67. The lowest BCUT2D eigenvalue weighted by Gasteiger charge is -2.46. The maximum atomic E-state index is 10.3. The Labute approximate surface area is 126 Å². The Kier molecular flexibility index (Phi) is 5.76. The van der Waals surface area contributed by atoms with Crippen LogP contribution in [-0.2, 0) is 4.74 Å². The molecule has 0 saturated heterocycles. The third-order valence-corrected chi connectivity index (χ3v) is 4.76. The number of aliphatic hydroxyl groups is 1. The molecule has 0 spiro atoms. The first kappa shape index (κ1) is 16.0. The third-order valence-electron chi connectivity index (χ3n) is 4.76. The first-order chi connectivity index (χ1) is 10.2. The van der Waals surface area contributed by atoms with Gasteiger partial charge in [-0.05, 0) is 31.7 Å². The molecule has 2 atom stereocenters. The van der Waals surface area contributed by atoms with Crippen molar-refractivity contribution in [3.8, 4) is 0 Å². The summed E-state index contributed by atoms with van der Waals surface area (Å²) < 4.78 is 5.46. The molecule has 2 aliphatic carbocycles. The molecule has 6 nitrogen and oxygen atoms in total. The minimum atomic E-state index is -0.644. The van der Waals surface area contributed by atoms with E-state index in [1.807, 2.05) is 6.92 Å². The average Bonchev–Trinajstić information content (AvgIpc) is 2.49. The highest BCUT2D eigenvalue weighted by Crippen LogP contribution is 2.37. The highest BCUT2D eigenvalue weighted by Gasteiger charge is 2.35. The molecule has 2 aliphatic rings. The van der Waals surface area contributed by atoms with Gasteiger partial charge < -0.3 is 14.7 Å². The molecule has 0 bridgehead atoms. The molecule has 0 aromatic carbocycles. The van der Waals surface area contributed by atoms with Gasteiger partial charge in [-0.3, -0.25) is 0 Å². The Bertz CT molecular complexity index is 425. The smallest absolute Gasteiger partial charge is 0.115 e. The van der Waals surface area contributed by atoms with Crippen molar-refractivity contribution in [2.45, 2.75) is 70.1 Å². The summed E-state index contributed by atoms with van der Waals surface area (Å²) in [4.78, 5) is 5.10. The van der Waals surface area contributed by atoms with Gasteiger partial charge in [0.2, 0.25) is 0 Å². The molecular formula is C15H26N4O2. The largest absolute Gasteiger partial charge is 0.499 e. The van der Waals surface area contributed by atoms with Crippen molar-refractivity contribution in [1.29, 1.82) is 0 Å². The first-order valence-corrected chi connectivity index (χ1v) is 7.92. The van der Waals surface area contributed by atoms with Crippen molar-refractivity contribution in [3.05, 3.63) is 21.9 Å². The van der Waals surface area contributed by atoms with Gasteiger partial charge in [0.25, 0.3) is 0 Å². The molecule has 0 radical (unpaired) electrons. The number of hydrogen-bond acceptors (Lipinski definition) is 4. The van der Waals surface area contributed by atoms with Gasteiger partial charge in [0.05, 0.1) is 31.5 Å². The molecule has 0 amide bonds. The summed E-state index contributed by atoms with van der Waals surface area (Å²) in [6, 6.07) is 0.411. The van der Waals surface area contributed by atoms with Crippen molar-refractivity contribution in [3.63, 3.8) is 0 Å². The van der Waals surface area contributed by atoms with E-state index in [1.54, 1.807) is 7.11 Å². The van der Waals surface area contributed by atoms with Crippen molar-refractivity contribution in [2.75, 3.05) is 13.7 Å². The van der Waals surface area contributed by atoms with Crippen molar-refractivity contribution >= 4 is 0 Å². The van der Waals surface area contributed by atoms with E-state index >= 15 is 0 Å². The summed E-state index contributed by atoms with van der Waals surface area (Å²) in [5.74, 6) is 1.04. The fourth-order valence-corrected chi connectivity index (χ4v) is 3.45. The topological polar surface area (TPSA) is 81.5 Å². The Morgan fingerprint density at radius 2 is 2.10 bits per heavy atom. The van der Waals surface area contributed by atoms with Crippen molar-refractivity contribution < 1.29 is 9.84 Å². The Morgan fingerprint density at radius 3 is 2.62 bits per heavy atom. The minimum Gasteiger partial charge on any atom is -0.499 e. The number of rotatable bonds is 7. The van der Waals surface area contributed by atoms with Gasteiger partial charge in [-0.1, -0.05) is 24.4 Å². The van der Waals surface area contributed by atoms with E-state index in [1.165, 1.54) is 37.8 Å². The van der Waals surface area contributed by atoms with Crippen LogP contribution in [0.5, 0.6) is 0 Å². The molecule has 6 heteroatoms. The van der Waals surface area contributed by atoms with Gasteiger partial charge >= 0.3 is 0 Å². The van der Waals surface area contributed by atoms with Crippen LogP contribution in [0.2, 0.25) is 0 Å². The van der Waals surface area contributed by atoms with Crippen LogP contribution < -0.4 is 0 Å². The third kappa shape index (κ3) is 3.63. The molecular weight excluding hydrogens is 268 g/mol. The zero-order valence-electron chi connectivity index (χ0n) is 13.0. The van der Waals surface area contributed by atoms with E-state index < -0.39 is 6.10 Å². The van der Waals surface area contributed by atoms with Crippen LogP contribution in [0.15, 0.2) is 16.6 Å². The fourth-order valence-electron chi connectivity index (χ4n) is 3.45. The normalized spacial score (nSPS) is 22.0. The second kappa shape index (κ2) is 7.57. The molecule has 0 aliphatic heterocycles. The lowest BCUT2D eigenvalue weighted by molar-refractivity contribution is 0.0359. The summed E-state index contributed by atoms with van der Waals surface area (Å²) in [5, 5.41) is 13.8. The number of allylic oxidation sites excluding steroid dienone is 2. The zero-order valence-corrected chi connectivity index (χ0v) is 13.0. The van der Waals surface area contributed by atoms with Crippen molar-refractivity contribution in [1.82, 2.24) is 4.90 Å². The molecule has 1 saturated carbocycles. The molecule has 118 valence electrons. The van der Waals surface area contributed by atoms with E-state index in [4.69, 9.17) is 10.3 Å². The molecule has 0 heterocycles. The summed E-state index contributed by atoms with van der Waals surface area (Å²) in [7, 11) is 1.72. The fraction of sp³-hybridized carbons (Fsp3) is 0.867. The summed E-state index contributed by atoms with van der Waals surface area (Å²) >= 11 is 0. The second-order valence-corrected chi connectivity index (χ2v) is 5.99. The van der Waals surface area contributed by atoms with Crippen LogP contribution in [0.3, 0.4) is 0 Å². The summed E-state index contributed by atoms with van der Waals surface area (Å²) in [6.07, 6.45) is 7.47. The Morgan fingerprint density at radius 1 is 1.38 bits per heavy atom.